The van der Waals surface area contributed by atoms with E-state index in [9.17, 15) is 9.90 Å². The van der Waals surface area contributed by atoms with Crippen LogP contribution in [0.1, 0.15) is 22.8 Å². The minimum atomic E-state index is -1.12. The minimum Gasteiger partial charge on any atom is -0.507 e. The number of carboxylic acid groups (broad SMARTS) is 1. The maximum atomic E-state index is 10.7. The highest BCUT2D eigenvalue weighted by atomic mass is 16.4. The van der Waals surface area contributed by atoms with Gasteiger partial charge in [-0.3, -0.25) is 0 Å². The molecule has 1 rings (SSSR count). The lowest BCUT2D eigenvalue weighted by atomic mass is 10.0. The molecule has 14 heavy (non-hydrogen) atoms. The van der Waals surface area contributed by atoms with Crippen molar-refractivity contribution >= 4 is 5.97 Å². The van der Waals surface area contributed by atoms with Gasteiger partial charge in [-0.2, -0.15) is 0 Å². The normalized spacial score (nSPS) is 9.79. The summed E-state index contributed by atoms with van der Waals surface area (Å²) in [5.74, 6) is -1.28. The van der Waals surface area contributed by atoms with E-state index < -0.39 is 5.97 Å². The van der Waals surface area contributed by atoms with Crippen LogP contribution >= 0.6 is 0 Å². The second-order valence-electron chi connectivity index (χ2n) is 3.25. The number of carbonyl (C=O) groups is 1. The highest BCUT2D eigenvalue weighted by Crippen LogP contribution is 2.24. The Morgan fingerprint density at radius 1 is 1.50 bits per heavy atom. The Morgan fingerprint density at radius 3 is 2.64 bits per heavy atom. The van der Waals surface area contributed by atoms with Gasteiger partial charge < -0.3 is 10.2 Å². The fraction of sp³-hybridized carbons (Fsp3) is 0.182. The van der Waals surface area contributed by atoms with Gasteiger partial charge in [-0.1, -0.05) is 24.3 Å². The molecule has 3 heteroatoms. The molecule has 74 valence electrons. The Balaban J connectivity index is 3.13. The van der Waals surface area contributed by atoms with Crippen LogP contribution in [0.15, 0.2) is 30.4 Å². The first kappa shape index (κ1) is 10.3. The molecule has 3 nitrogen and oxygen atoms in total. The highest BCUT2D eigenvalue weighted by molar-refractivity contribution is 5.91. The van der Waals surface area contributed by atoms with Crippen LogP contribution in [0, 0.1) is 0 Å². The van der Waals surface area contributed by atoms with E-state index in [2.05, 4.69) is 6.58 Å². The molecule has 0 radical (unpaired) electrons. The van der Waals surface area contributed by atoms with Crippen LogP contribution in [-0.4, -0.2) is 16.2 Å². The lowest BCUT2D eigenvalue weighted by Crippen LogP contribution is -1.99. The Bertz CT molecular complexity index is 380. The number of hydrogen-bond donors (Lipinski definition) is 2. The van der Waals surface area contributed by atoms with Gasteiger partial charge in [-0.25, -0.2) is 4.79 Å². The third-order valence-electron chi connectivity index (χ3n) is 1.84. The third kappa shape index (κ3) is 2.13. The van der Waals surface area contributed by atoms with E-state index in [0.29, 0.717) is 12.0 Å². The molecule has 0 aliphatic rings. The molecule has 1 aromatic rings. The Morgan fingerprint density at radius 2 is 2.14 bits per heavy atom. The number of phenols is 1. The topological polar surface area (TPSA) is 57.5 Å². The van der Waals surface area contributed by atoms with E-state index in [4.69, 9.17) is 5.11 Å². The fourth-order valence-corrected chi connectivity index (χ4v) is 1.23. The van der Waals surface area contributed by atoms with Crippen molar-refractivity contribution in [1.29, 1.82) is 0 Å². The molecule has 0 aliphatic heterocycles. The second-order valence-corrected chi connectivity index (χ2v) is 3.25. The Hall–Kier alpha value is -1.77. The second kappa shape index (κ2) is 3.96. The van der Waals surface area contributed by atoms with Gasteiger partial charge >= 0.3 is 5.97 Å². The maximum Gasteiger partial charge on any atom is 0.339 e. The first-order valence-corrected chi connectivity index (χ1v) is 4.21. The molecule has 2 N–H and O–H groups in total. The summed E-state index contributed by atoms with van der Waals surface area (Å²) < 4.78 is 0. The van der Waals surface area contributed by atoms with Crippen LogP contribution in [0.2, 0.25) is 0 Å². The van der Waals surface area contributed by atoms with Crippen LogP contribution in [0.4, 0.5) is 0 Å². The molecule has 0 aliphatic carbocycles. The standard InChI is InChI=1S/C11H12O3/c1-7(2)6-8-4-3-5-9(10(8)12)11(13)14/h3-5,12H,1,6H2,2H3,(H,13,14). The quantitative estimate of drug-likeness (QED) is 0.722. The van der Waals surface area contributed by atoms with E-state index in [-0.39, 0.29) is 11.3 Å². The summed E-state index contributed by atoms with van der Waals surface area (Å²) >= 11 is 0. The average Bonchev–Trinajstić information content (AvgIpc) is 2.07. The maximum absolute atomic E-state index is 10.7. The zero-order valence-electron chi connectivity index (χ0n) is 7.95. The number of rotatable bonds is 3. The smallest absolute Gasteiger partial charge is 0.339 e. The van der Waals surface area contributed by atoms with Crippen molar-refractivity contribution in [3.63, 3.8) is 0 Å². The molecule has 0 heterocycles. The van der Waals surface area contributed by atoms with Gasteiger partial charge in [0.05, 0.1) is 0 Å². The van der Waals surface area contributed by atoms with Gasteiger partial charge in [0.25, 0.3) is 0 Å². The number of carboxylic acids is 1. The van der Waals surface area contributed by atoms with Crippen molar-refractivity contribution in [3.8, 4) is 5.75 Å². The zero-order chi connectivity index (χ0) is 10.7. The summed E-state index contributed by atoms with van der Waals surface area (Å²) in [6.45, 7) is 5.53. The van der Waals surface area contributed by atoms with Crippen molar-refractivity contribution in [1.82, 2.24) is 0 Å². The molecule has 0 aromatic heterocycles. The Labute approximate surface area is 82.3 Å². The summed E-state index contributed by atoms with van der Waals surface area (Å²) in [6.07, 6.45) is 0.493. The fourth-order valence-electron chi connectivity index (χ4n) is 1.23. The SMILES string of the molecule is C=C(C)Cc1cccc(C(=O)O)c1O. The molecule has 1 aromatic carbocycles. The summed E-state index contributed by atoms with van der Waals surface area (Å²) in [5.41, 5.74) is 1.41. The summed E-state index contributed by atoms with van der Waals surface area (Å²) in [5, 5.41) is 18.3. The molecule has 0 saturated heterocycles. The molecule has 0 atom stereocenters. The minimum absolute atomic E-state index is 0.0660. The predicted molar refractivity (Wildman–Crippen MR) is 53.6 cm³/mol. The van der Waals surface area contributed by atoms with Crippen LogP contribution in [0.3, 0.4) is 0 Å². The van der Waals surface area contributed by atoms with E-state index in [1.807, 2.05) is 6.92 Å². The van der Waals surface area contributed by atoms with Crippen molar-refractivity contribution < 1.29 is 15.0 Å². The first-order chi connectivity index (χ1) is 6.52. The van der Waals surface area contributed by atoms with Gasteiger partial charge in [0.2, 0.25) is 0 Å². The van der Waals surface area contributed by atoms with Gasteiger partial charge in [0.1, 0.15) is 11.3 Å². The third-order valence-corrected chi connectivity index (χ3v) is 1.84. The van der Waals surface area contributed by atoms with Gasteiger partial charge in [0.15, 0.2) is 0 Å². The number of para-hydroxylation sites is 1. The van der Waals surface area contributed by atoms with Crippen LogP contribution in [0.25, 0.3) is 0 Å². The number of aromatic hydroxyl groups is 1. The number of allylic oxidation sites excluding steroid dienone is 1. The first-order valence-electron chi connectivity index (χ1n) is 4.21. The molecule has 0 unspecified atom stereocenters. The van der Waals surface area contributed by atoms with Crippen LogP contribution < -0.4 is 0 Å². The molecule has 0 amide bonds. The molecule has 0 bridgehead atoms. The van der Waals surface area contributed by atoms with Gasteiger partial charge in [0, 0.05) is 0 Å². The average molecular weight is 192 g/mol. The lowest BCUT2D eigenvalue weighted by molar-refractivity contribution is 0.0693. The molecule has 0 saturated carbocycles. The van der Waals surface area contributed by atoms with Crippen molar-refractivity contribution in [3.05, 3.63) is 41.5 Å². The van der Waals surface area contributed by atoms with E-state index in [1.54, 1.807) is 12.1 Å². The van der Waals surface area contributed by atoms with Crippen molar-refractivity contribution in [2.45, 2.75) is 13.3 Å². The van der Waals surface area contributed by atoms with Crippen molar-refractivity contribution in [2.24, 2.45) is 0 Å². The highest BCUT2D eigenvalue weighted by Gasteiger charge is 2.12. The van der Waals surface area contributed by atoms with E-state index in [0.717, 1.165) is 5.57 Å². The van der Waals surface area contributed by atoms with Crippen LogP contribution in [-0.2, 0) is 6.42 Å². The summed E-state index contributed by atoms with van der Waals surface area (Å²) in [6, 6.07) is 4.68. The lowest BCUT2D eigenvalue weighted by Gasteiger charge is -2.06. The molecule has 0 fully saturated rings. The molecular formula is C11H12O3. The predicted octanol–water partition coefficient (Wildman–Crippen LogP) is 2.21. The largest absolute Gasteiger partial charge is 0.507 e. The monoisotopic (exact) mass is 192 g/mol. The van der Waals surface area contributed by atoms with E-state index in [1.165, 1.54) is 6.07 Å². The molecular weight excluding hydrogens is 180 g/mol. The summed E-state index contributed by atoms with van der Waals surface area (Å²) in [4.78, 5) is 10.7. The van der Waals surface area contributed by atoms with E-state index >= 15 is 0 Å². The summed E-state index contributed by atoms with van der Waals surface area (Å²) in [7, 11) is 0. The number of hydrogen-bond acceptors (Lipinski definition) is 2. The van der Waals surface area contributed by atoms with Gasteiger partial charge in [-0.15, -0.1) is 0 Å². The number of aromatic carboxylic acids is 1. The molecule has 0 spiro atoms. The zero-order valence-corrected chi connectivity index (χ0v) is 7.95. The van der Waals surface area contributed by atoms with Gasteiger partial charge in [-0.05, 0) is 25.0 Å². The number of benzene rings is 1. The van der Waals surface area contributed by atoms with Crippen molar-refractivity contribution in [2.75, 3.05) is 0 Å². The van der Waals surface area contributed by atoms with Crippen LogP contribution in [0.5, 0.6) is 5.75 Å². The Kier molecular flexibility index (Phi) is 2.92.